The van der Waals surface area contributed by atoms with E-state index >= 15 is 0 Å². The highest BCUT2D eigenvalue weighted by Gasteiger charge is 2.29. The second-order valence-electron chi connectivity index (χ2n) is 8.59. The molecule has 1 saturated heterocycles. The monoisotopic (exact) mass is 488 g/mol. The molecule has 1 aliphatic heterocycles. The molecule has 10 heteroatoms. The van der Waals surface area contributed by atoms with E-state index in [9.17, 15) is 9.59 Å². The van der Waals surface area contributed by atoms with Crippen LogP contribution in [0.15, 0.2) is 55.0 Å². The van der Waals surface area contributed by atoms with Crippen molar-refractivity contribution in [3.05, 3.63) is 66.2 Å². The van der Waals surface area contributed by atoms with E-state index in [1.165, 1.54) is 7.11 Å². The zero-order chi connectivity index (χ0) is 25.1. The van der Waals surface area contributed by atoms with Gasteiger partial charge in [0.15, 0.2) is 5.69 Å². The molecule has 1 atom stereocenters. The molecule has 4 aromatic rings. The topological polar surface area (TPSA) is 112 Å². The van der Waals surface area contributed by atoms with Gasteiger partial charge in [-0.3, -0.25) is 4.79 Å². The first-order valence-corrected chi connectivity index (χ1v) is 11.9. The molecule has 1 amide bonds. The van der Waals surface area contributed by atoms with Crippen LogP contribution in [0.25, 0.3) is 16.7 Å². The molecule has 1 unspecified atom stereocenters. The lowest BCUT2D eigenvalue weighted by Gasteiger charge is -2.11. The van der Waals surface area contributed by atoms with Gasteiger partial charge in [-0.05, 0) is 31.5 Å². The predicted octanol–water partition coefficient (Wildman–Crippen LogP) is 3.62. The van der Waals surface area contributed by atoms with Crippen molar-refractivity contribution in [3.8, 4) is 5.69 Å². The number of para-hydroxylation sites is 1. The van der Waals surface area contributed by atoms with Crippen LogP contribution in [0.5, 0.6) is 0 Å². The van der Waals surface area contributed by atoms with Gasteiger partial charge in [0.25, 0.3) is 0 Å². The molecule has 36 heavy (non-hydrogen) atoms. The zero-order valence-corrected chi connectivity index (χ0v) is 20.2. The minimum absolute atomic E-state index is 0.181. The molecule has 0 aliphatic carbocycles. The standard InChI is InChI=1S/C26H28N6O4/c1-3-31-23(26(34)35-2)22(30-25(33)18-9-10-36-16-18)21-11-19(14-28-24(21)31)27-12-17-13-29-32(15-17)20-7-5-4-6-8-20/h4-8,11,13-15,18,27H,3,9-10,12,16H2,1-2H3,(H,30,33). The van der Waals surface area contributed by atoms with Crippen LogP contribution >= 0.6 is 0 Å². The molecule has 5 rings (SSSR count). The molecule has 2 N–H and O–H groups in total. The molecule has 186 valence electrons. The van der Waals surface area contributed by atoms with Crippen molar-refractivity contribution in [2.45, 2.75) is 26.4 Å². The van der Waals surface area contributed by atoms with Crippen LogP contribution < -0.4 is 10.6 Å². The number of aryl methyl sites for hydroxylation is 1. The second kappa shape index (κ2) is 10.2. The zero-order valence-electron chi connectivity index (χ0n) is 20.2. The number of hydrogen-bond acceptors (Lipinski definition) is 7. The van der Waals surface area contributed by atoms with Gasteiger partial charge >= 0.3 is 5.97 Å². The number of benzene rings is 1. The number of nitrogens with one attached hydrogen (secondary N) is 2. The maximum absolute atomic E-state index is 12.9. The number of rotatable bonds is 8. The van der Waals surface area contributed by atoms with Crippen molar-refractivity contribution in [1.29, 1.82) is 0 Å². The summed E-state index contributed by atoms with van der Waals surface area (Å²) in [6, 6.07) is 11.8. The minimum Gasteiger partial charge on any atom is -0.464 e. The first-order valence-electron chi connectivity index (χ1n) is 11.9. The first kappa shape index (κ1) is 23.6. The molecule has 4 heterocycles. The molecule has 1 aliphatic rings. The van der Waals surface area contributed by atoms with Gasteiger partial charge in [-0.1, -0.05) is 18.2 Å². The fourth-order valence-corrected chi connectivity index (χ4v) is 4.41. The Hall–Kier alpha value is -4.18. The number of aromatic nitrogens is 4. The van der Waals surface area contributed by atoms with Gasteiger partial charge in [0.1, 0.15) is 5.65 Å². The first-order chi connectivity index (χ1) is 17.6. The van der Waals surface area contributed by atoms with E-state index in [4.69, 9.17) is 9.47 Å². The van der Waals surface area contributed by atoms with E-state index in [2.05, 4.69) is 20.7 Å². The third-order valence-corrected chi connectivity index (χ3v) is 6.30. The Labute approximate surface area is 208 Å². The number of fused-ring (bicyclic) bond motifs is 1. The molecular weight excluding hydrogens is 460 g/mol. The molecule has 0 saturated carbocycles. The third kappa shape index (κ3) is 4.55. The number of esters is 1. The molecule has 1 aromatic carbocycles. The van der Waals surface area contributed by atoms with Crippen LogP contribution in [0.1, 0.15) is 29.4 Å². The van der Waals surface area contributed by atoms with Crippen LogP contribution in [0.4, 0.5) is 11.4 Å². The number of ether oxygens (including phenoxy) is 2. The molecule has 10 nitrogen and oxygen atoms in total. The Morgan fingerprint density at radius 1 is 1.22 bits per heavy atom. The van der Waals surface area contributed by atoms with Crippen molar-refractivity contribution >= 4 is 34.3 Å². The van der Waals surface area contributed by atoms with Crippen LogP contribution in [0.3, 0.4) is 0 Å². The Morgan fingerprint density at radius 2 is 2.06 bits per heavy atom. The van der Waals surface area contributed by atoms with Crippen LogP contribution in [0.2, 0.25) is 0 Å². The summed E-state index contributed by atoms with van der Waals surface area (Å²) in [7, 11) is 1.33. The van der Waals surface area contributed by atoms with Crippen molar-refractivity contribution in [3.63, 3.8) is 0 Å². The number of anilines is 2. The van der Waals surface area contributed by atoms with E-state index in [-0.39, 0.29) is 17.5 Å². The summed E-state index contributed by atoms with van der Waals surface area (Å²) in [5, 5.41) is 11.4. The second-order valence-corrected chi connectivity index (χ2v) is 8.59. The summed E-state index contributed by atoms with van der Waals surface area (Å²) in [6.45, 7) is 3.85. The predicted molar refractivity (Wildman–Crippen MR) is 135 cm³/mol. The molecule has 1 fully saturated rings. The Balaban J connectivity index is 1.44. The normalized spacial score (nSPS) is 15.2. The molecule has 0 radical (unpaired) electrons. The van der Waals surface area contributed by atoms with Gasteiger partial charge in [0, 0.05) is 36.8 Å². The van der Waals surface area contributed by atoms with Gasteiger partial charge in [-0.2, -0.15) is 5.10 Å². The van der Waals surface area contributed by atoms with Gasteiger partial charge in [0.05, 0.1) is 49.1 Å². The molecule has 0 spiro atoms. The highest BCUT2D eigenvalue weighted by atomic mass is 16.5. The SMILES string of the molecule is CCn1c(C(=O)OC)c(NC(=O)C2CCOC2)c2cc(NCc3cnn(-c4ccccc4)c3)cnc21. The summed E-state index contributed by atoms with van der Waals surface area (Å²) in [4.78, 5) is 30.3. The van der Waals surface area contributed by atoms with E-state index in [1.54, 1.807) is 10.8 Å². The highest BCUT2D eigenvalue weighted by molar-refractivity contribution is 6.11. The van der Waals surface area contributed by atoms with Crippen molar-refractivity contribution in [1.82, 2.24) is 19.3 Å². The van der Waals surface area contributed by atoms with Crippen molar-refractivity contribution in [2.24, 2.45) is 5.92 Å². The molecule has 3 aromatic heterocycles. The quantitative estimate of drug-likeness (QED) is 0.364. The van der Waals surface area contributed by atoms with E-state index in [0.29, 0.717) is 49.4 Å². The summed E-state index contributed by atoms with van der Waals surface area (Å²) in [5.41, 5.74) is 4.00. The van der Waals surface area contributed by atoms with Crippen LogP contribution in [-0.4, -0.2) is 51.5 Å². The Kier molecular flexibility index (Phi) is 6.68. The average Bonchev–Trinajstić information content (AvgIpc) is 3.67. The average molecular weight is 489 g/mol. The summed E-state index contributed by atoms with van der Waals surface area (Å²) < 4.78 is 14.0. The lowest BCUT2D eigenvalue weighted by Crippen LogP contribution is -2.24. The maximum Gasteiger partial charge on any atom is 0.356 e. The van der Waals surface area contributed by atoms with Crippen molar-refractivity contribution < 1.29 is 19.1 Å². The largest absolute Gasteiger partial charge is 0.464 e. The maximum atomic E-state index is 12.9. The fraction of sp³-hybridized carbons (Fsp3) is 0.308. The van der Waals surface area contributed by atoms with Gasteiger partial charge in [0.2, 0.25) is 5.91 Å². The van der Waals surface area contributed by atoms with E-state index < -0.39 is 5.97 Å². The highest BCUT2D eigenvalue weighted by Crippen LogP contribution is 2.33. The Bertz CT molecular complexity index is 1390. The molecular formula is C26H28N6O4. The summed E-state index contributed by atoms with van der Waals surface area (Å²) >= 11 is 0. The lowest BCUT2D eigenvalue weighted by molar-refractivity contribution is -0.119. The fourth-order valence-electron chi connectivity index (χ4n) is 4.41. The summed E-state index contributed by atoms with van der Waals surface area (Å²) in [5.74, 6) is -0.971. The number of amides is 1. The Morgan fingerprint density at radius 3 is 2.78 bits per heavy atom. The van der Waals surface area contributed by atoms with Crippen molar-refractivity contribution in [2.75, 3.05) is 31.0 Å². The van der Waals surface area contributed by atoms with Gasteiger partial charge in [-0.15, -0.1) is 0 Å². The minimum atomic E-state index is -0.532. The molecule has 0 bridgehead atoms. The summed E-state index contributed by atoms with van der Waals surface area (Å²) in [6.07, 6.45) is 6.14. The van der Waals surface area contributed by atoms with Crippen LogP contribution in [-0.2, 0) is 27.4 Å². The van der Waals surface area contributed by atoms with E-state index in [1.807, 2.05) is 60.4 Å². The van der Waals surface area contributed by atoms with Gasteiger partial charge < -0.3 is 24.7 Å². The third-order valence-electron chi connectivity index (χ3n) is 6.30. The number of carbonyl (C=O) groups is 2. The number of pyridine rings is 1. The smallest absolute Gasteiger partial charge is 0.356 e. The number of carbonyl (C=O) groups excluding carboxylic acids is 2. The van der Waals surface area contributed by atoms with Gasteiger partial charge in [-0.25, -0.2) is 14.5 Å². The number of nitrogens with zero attached hydrogens (tertiary/aromatic N) is 4. The number of methoxy groups -OCH3 is 1. The van der Waals surface area contributed by atoms with E-state index in [0.717, 1.165) is 16.9 Å². The van der Waals surface area contributed by atoms with Crippen LogP contribution in [0, 0.1) is 5.92 Å². The number of hydrogen-bond donors (Lipinski definition) is 2. The lowest BCUT2D eigenvalue weighted by atomic mass is 10.1.